The Labute approximate surface area is 153 Å². The zero-order valence-electron chi connectivity index (χ0n) is 14.8. The van der Waals surface area contributed by atoms with Crippen molar-refractivity contribution >= 4 is 17.2 Å². The van der Waals surface area contributed by atoms with Gasteiger partial charge in [-0.2, -0.15) is 0 Å². The Kier molecular flexibility index (Phi) is 4.87. The molecular weight excluding hydrogens is 324 g/mol. The molecule has 0 aliphatic carbocycles. The standard InChI is InChI=1S/C22H24N2O2/c25-15-19-18-8-4-5-9-20(18)23-21(19)22(26)17-10-12-24(13-11-17)14-16-6-2-1-3-7-16/h1-9,15,17,22-23,26H,10-14H2. The highest BCUT2D eigenvalue weighted by Crippen LogP contribution is 2.34. The number of benzene rings is 2. The van der Waals surface area contributed by atoms with Crippen LogP contribution in [0.1, 0.15) is 40.6 Å². The van der Waals surface area contributed by atoms with Gasteiger partial charge in [0.1, 0.15) is 0 Å². The smallest absolute Gasteiger partial charge is 0.152 e. The van der Waals surface area contributed by atoms with E-state index in [4.69, 9.17) is 0 Å². The summed E-state index contributed by atoms with van der Waals surface area (Å²) < 4.78 is 0. The van der Waals surface area contributed by atoms with Crippen LogP contribution in [0.3, 0.4) is 0 Å². The Hall–Kier alpha value is -2.43. The minimum absolute atomic E-state index is 0.175. The van der Waals surface area contributed by atoms with Crippen LogP contribution in [0.4, 0.5) is 0 Å². The van der Waals surface area contributed by atoms with Crippen molar-refractivity contribution in [2.75, 3.05) is 13.1 Å². The number of likely N-dealkylation sites (tertiary alicyclic amines) is 1. The Morgan fingerprint density at radius 1 is 1.08 bits per heavy atom. The van der Waals surface area contributed by atoms with Crippen molar-refractivity contribution in [3.8, 4) is 0 Å². The molecule has 0 saturated carbocycles. The molecule has 3 aromatic rings. The summed E-state index contributed by atoms with van der Waals surface area (Å²) >= 11 is 0. The number of aliphatic hydroxyl groups is 1. The van der Waals surface area contributed by atoms with Gasteiger partial charge < -0.3 is 10.1 Å². The van der Waals surface area contributed by atoms with E-state index in [1.165, 1.54) is 5.56 Å². The molecule has 4 heteroatoms. The Morgan fingerprint density at radius 2 is 1.77 bits per heavy atom. The van der Waals surface area contributed by atoms with Crippen LogP contribution in [-0.2, 0) is 6.54 Å². The van der Waals surface area contributed by atoms with Gasteiger partial charge in [-0.3, -0.25) is 9.69 Å². The molecular formula is C22H24N2O2. The number of aromatic amines is 1. The molecule has 2 aromatic carbocycles. The fraction of sp³-hybridized carbons (Fsp3) is 0.318. The lowest BCUT2D eigenvalue weighted by Crippen LogP contribution is -2.35. The van der Waals surface area contributed by atoms with E-state index in [1.807, 2.05) is 30.3 Å². The second-order valence-electron chi connectivity index (χ2n) is 7.16. The van der Waals surface area contributed by atoms with Gasteiger partial charge in [0.2, 0.25) is 0 Å². The van der Waals surface area contributed by atoms with E-state index < -0.39 is 6.10 Å². The molecule has 1 unspecified atom stereocenters. The predicted octanol–water partition coefficient (Wildman–Crippen LogP) is 3.93. The first-order valence-electron chi connectivity index (χ1n) is 9.26. The number of nitrogens with one attached hydrogen (secondary N) is 1. The normalized spacial score (nSPS) is 17.4. The molecule has 1 saturated heterocycles. The second kappa shape index (κ2) is 7.44. The van der Waals surface area contributed by atoms with E-state index >= 15 is 0 Å². The molecule has 1 aliphatic heterocycles. The molecule has 1 aromatic heterocycles. The maximum Gasteiger partial charge on any atom is 0.152 e. The summed E-state index contributed by atoms with van der Waals surface area (Å²) in [5.74, 6) is 0.175. The molecule has 0 bridgehead atoms. The highest BCUT2D eigenvalue weighted by molar-refractivity contribution is 5.99. The summed E-state index contributed by atoms with van der Waals surface area (Å²) in [5.41, 5.74) is 3.50. The number of aromatic nitrogens is 1. The average Bonchev–Trinajstić information content (AvgIpc) is 3.07. The van der Waals surface area contributed by atoms with Crippen LogP contribution < -0.4 is 0 Å². The fourth-order valence-electron chi connectivity index (χ4n) is 4.05. The topological polar surface area (TPSA) is 56.3 Å². The van der Waals surface area contributed by atoms with Gasteiger partial charge >= 0.3 is 0 Å². The molecule has 4 nitrogen and oxygen atoms in total. The first kappa shape index (κ1) is 17.0. The van der Waals surface area contributed by atoms with E-state index in [0.29, 0.717) is 11.3 Å². The first-order chi connectivity index (χ1) is 12.8. The number of carbonyl (C=O) groups excluding carboxylic acids is 1. The zero-order chi connectivity index (χ0) is 17.9. The quantitative estimate of drug-likeness (QED) is 0.687. The minimum atomic E-state index is -0.624. The Bertz CT molecular complexity index is 880. The maximum atomic E-state index is 11.6. The molecule has 1 atom stereocenters. The highest BCUT2D eigenvalue weighted by atomic mass is 16.3. The molecule has 26 heavy (non-hydrogen) atoms. The third kappa shape index (κ3) is 3.30. The molecule has 2 heterocycles. The number of hydrogen-bond donors (Lipinski definition) is 2. The number of piperidine rings is 1. The molecule has 4 rings (SSSR count). The largest absolute Gasteiger partial charge is 0.387 e. The summed E-state index contributed by atoms with van der Waals surface area (Å²) in [4.78, 5) is 17.3. The van der Waals surface area contributed by atoms with Gasteiger partial charge in [0, 0.05) is 23.0 Å². The van der Waals surface area contributed by atoms with Gasteiger partial charge in [-0.15, -0.1) is 0 Å². The molecule has 2 N–H and O–H groups in total. The van der Waals surface area contributed by atoms with Crippen LogP contribution in [0.15, 0.2) is 54.6 Å². The Morgan fingerprint density at radius 3 is 2.50 bits per heavy atom. The molecule has 134 valence electrons. The van der Waals surface area contributed by atoms with E-state index in [9.17, 15) is 9.90 Å². The first-order valence-corrected chi connectivity index (χ1v) is 9.26. The number of nitrogens with zero attached hydrogens (tertiary/aromatic N) is 1. The Balaban J connectivity index is 1.45. The van der Waals surface area contributed by atoms with Gasteiger partial charge in [0.25, 0.3) is 0 Å². The lowest BCUT2D eigenvalue weighted by atomic mass is 9.88. The lowest BCUT2D eigenvalue weighted by Gasteiger charge is -2.34. The summed E-state index contributed by atoms with van der Waals surface area (Å²) in [6, 6.07) is 18.2. The number of carbonyl (C=O) groups is 1. The lowest BCUT2D eigenvalue weighted by molar-refractivity contribution is 0.0538. The SMILES string of the molecule is O=Cc1c(C(O)C2CCN(Cc3ccccc3)CC2)[nH]c2ccccc12. The number of hydrogen-bond acceptors (Lipinski definition) is 3. The van der Waals surface area contributed by atoms with Gasteiger partial charge in [-0.05, 0) is 43.5 Å². The third-order valence-electron chi connectivity index (χ3n) is 5.52. The maximum absolute atomic E-state index is 11.6. The van der Waals surface area contributed by atoms with Crippen LogP contribution in [0, 0.1) is 5.92 Å². The zero-order valence-corrected chi connectivity index (χ0v) is 14.8. The summed E-state index contributed by atoms with van der Waals surface area (Å²) in [7, 11) is 0. The third-order valence-corrected chi connectivity index (χ3v) is 5.52. The van der Waals surface area contributed by atoms with Crippen LogP contribution in [0.25, 0.3) is 10.9 Å². The molecule has 1 aliphatic rings. The van der Waals surface area contributed by atoms with Crippen LogP contribution >= 0.6 is 0 Å². The predicted molar refractivity (Wildman–Crippen MR) is 103 cm³/mol. The van der Waals surface area contributed by atoms with Gasteiger partial charge in [-0.1, -0.05) is 48.5 Å². The molecule has 0 radical (unpaired) electrons. The van der Waals surface area contributed by atoms with E-state index in [1.54, 1.807) is 0 Å². The van der Waals surface area contributed by atoms with Crippen molar-refractivity contribution in [2.24, 2.45) is 5.92 Å². The highest BCUT2D eigenvalue weighted by Gasteiger charge is 2.29. The summed E-state index contributed by atoms with van der Waals surface area (Å²) in [5, 5.41) is 11.8. The summed E-state index contributed by atoms with van der Waals surface area (Å²) in [6.45, 7) is 2.89. The monoisotopic (exact) mass is 348 g/mol. The van der Waals surface area contributed by atoms with E-state index in [0.717, 1.165) is 49.7 Å². The number of para-hydroxylation sites is 1. The molecule has 0 amide bonds. The number of aliphatic hydroxyl groups excluding tert-OH is 1. The number of aldehydes is 1. The van der Waals surface area contributed by atoms with Crippen molar-refractivity contribution in [3.63, 3.8) is 0 Å². The van der Waals surface area contributed by atoms with Crippen LogP contribution in [0.2, 0.25) is 0 Å². The van der Waals surface area contributed by atoms with E-state index in [-0.39, 0.29) is 5.92 Å². The molecule has 0 spiro atoms. The van der Waals surface area contributed by atoms with Crippen LogP contribution in [-0.4, -0.2) is 34.4 Å². The van der Waals surface area contributed by atoms with Crippen molar-refractivity contribution in [1.29, 1.82) is 0 Å². The van der Waals surface area contributed by atoms with Crippen molar-refractivity contribution in [1.82, 2.24) is 9.88 Å². The number of H-pyrrole nitrogens is 1. The van der Waals surface area contributed by atoms with Gasteiger partial charge in [0.15, 0.2) is 6.29 Å². The summed E-state index contributed by atoms with van der Waals surface area (Å²) in [6.07, 6.45) is 2.10. The number of fused-ring (bicyclic) bond motifs is 1. The van der Waals surface area contributed by atoms with Gasteiger partial charge in [-0.25, -0.2) is 0 Å². The minimum Gasteiger partial charge on any atom is -0.387 e. The second-order valence-corrected chi connectivity index (χ2v) is 7.16. The van der Waals surface area contributed by atoms with Crippen molar-refractivity contribution < 1.29 is 9.90 Å². The molecule has 1 fully saturated rings. The van der Waals surface area contributed by atoms with Crippen LogP contribution in [0.5, 0.6) is 0 Å². The average molecular weight is 348 g/mol. The number of rotatable bonds is 5. The van der Waals surface area contributed by atoms with E-state index in [2.05, 4.69) is 34.1 Å². The van der Waals surface area contributed by atoms with Crippen molar-refractivity contribution in [2.45, 2.75) is 25.5 Å². The fourth-order valence-corrected chi connectivity index (χ4v) is 4.05. The van der Waals surface area contributed by atoms with Gasteiger partial charge in [0.05, 0.1) is 11.8 Å². The van der Waals surface area contributed by atoms with Crippen molar-refractivity contribution in [3.05, 3.63) is 71.4 Å².